The Kier molecular flexibility index (Phi) is 7.02. The van der Waals surface area contributed by atoms with E-state index in [4.69, 9.17) is 9.26 Å². The van der Waals surface area contributed by atoms with Gasteiger partial charge in [0, 0.05) is 42.3 Å². The van der Waals surface area contributed by atoms with E-state index in [1.807, 2.05) is 60.4 Å². The lowest BCUT2D eigenvalue weighted by Crippen LogP contribution is -2.47. The summed E-state index contributed by atoms with van der Waals surface area (Å²) in [4.78, 5) is 21.2. The first-order valence-electron chi connectivity index (χ1n) is 10.4. The normalized spacial score (nSPS) is 14.8. The van der Waals surface area contributed by atoms with Crippen LogP contribution in [0, 0.1) is 6.92 Å². The number of hydrogen-bond acceptors (Lipinski definition) is 6. The summed E-state index contributed by atoms with van der Waals surface area (Å²) < 4.78 is 11.6. The Balaban J connectivity index is 1.29. The van der Waals surface area contributed by atoms with Crippen molar-refractivity contribution in [1.82, 2.24) is 19.9 Å². The second-order valence-electron chi connectivity index (χ2n) is 7.70. The zero-order valence-corrected chi connectivity index (χ0v) is 19.7. The van der Waals surface area contributed by atoms with Crippen LogP contribution < -0.4 is 4.74 Å². The Bertz CT molecular complexity index is 1100. The molecule has 1 amide bonds. The fraction of sp³-hybridized carbons (Fsp3) is 0.292. The summed E-state index contributed by atoms with van der Waals surface area (Å²) >= 11 is 3.55. The molecule has 0 bridgehead atoms. The van der Waals surface area contributed by atoms with Gasteiger partial charge in [0.1, 0.15) is 5.75 Å². The van der Waals surface area contributed by atoms with Gasteiger partial charge in [-0.2, -0.15) is 4.98 Å². The van der Waals surface area contributed by atoms with Crippen molar-refractivity contribution < 1.29 is 14.1 Å². The largest absolute Gasteiger partial charge is 0.497 e. The summed E-state index contributed by atoms with van der Waals surface area (Å²) in [7, 11) is 1.63. The van der Waals surface area contributed by atoms with Gasteiger partial charge in [-0.3, -0.25) is 9.69 Å². The molecular formula is C24H25BrN4O3. The molecule has 1 aliphatic rings. The van der Waals surface area contributed by atoms with Crippen LogP contribution in [0.5, 0.6) is 5.75 Å². The van der Waals surface area contributed by atoms with Gasteiger partial charge in [-0.25, -0.2) is 0 Å². The minimum absolute atomic E-state index is 0.0247. The van der Waals surface area contributed by atoms with Crippen LogP contribution in [0.25, 0.3) is 17.5 Å². The maximum atomic E-state index is 12.6. The summed E-state index contributed by atoms with van der Waals surface area (Å²) in [6.07, 6.45) is 3.50. The fourth-order valence-corrected chi connectivity index (χ4v) is 4.15. The van der Waals surface area contributed by atoms with Crippen molar-refractivity contribution in [1.29, 1.82) is 0 Å². The SMILES string of the molecule is COc1ccc(-c2noc(CN3CCN(C(=O)/C=C/c4ccc(C)cc4Br)CC3)n2)cc1. The Morgan fingerprint density at radius 2 is 1.91 bits per heavy atom. The van der Waals surface area contributed by atoms with Crippen LogP contribution in [0.1, 0.15) is 17.0 Å². The van der Waals surface area contributed by atoms with E-state index in [9.17, 15) is 4.79 Å². The first kappa shape index (κ1) is 22.2. The number of benzene rings is 2. The van der Waals surface area contributed by atoms with Crippen LogP contribution in [-0.2, 0) is 11.3 Å². The molecule has 4 rings (SSSR count). The van der Waals surface area contributed by atoms with E-state index in [1.54, 1.807) is 13.2 Å². The standard InChI is InChI=1S/C24H25BrN4O3/c1-17-3-4-18(21(25)15-17)7-10-23(30)29-13-11-28(12-14-29)16-22-26-24(27-32-22)19-5-8-20(31-2)9-6-19/h3-10,15H,11-14,16H2,1-2H3/b10-7+. The molecular weight excluding hydrogens is 472 g/mol. The van der Waals surface area contributed by atoms with Crippen molar-refractivity contribution in [3.05, 3.63) is 70.0 Å². The minimum atomic E-state index is 0.0247. The van der Waals surface area contributed by atoms with Crippen LogP contribution in [0.3, 0.4) is 0 Å². The number of aryl methyl sites for hydroxylation is 1. The van der Waals surface area contributed by atoms with Gasteiger partial charge in [0.2, 0.25) is 17.6 Å². The van der Waals surface area contributed by atoms with E-state index >= 15 is 0 Å². The topological polar surface area (TPSA) is 71.7 Å². The van der Waals surface area contributed by atoms with Crippen LogP contribution in [-0.4, -0.2) is 59.1 Å². The molecule has 32 heavy (non-hydrogen) atoms. The lowest BCUT2D eigenvalue weighted by molar-refractivity contribution is -0.127. The third-order valence-electron chi connectivity index (χ3n) is 5.42. The lowest BCUT2D eigenvalue weighted by atomic mass is 10.1. The molecule has 1 aromatic heterocycles. The number of ether oxygens (including phenoxy) is 1. The predicted octanol–water partition coefficient (Wildman–Crippen LogP) is 4.17. The molecule has 2 aromatic carbocycles. The van der Waals surface area contributed by atoms with E-state index in [0.29, 0.717) is 31.3 Å². The second kappa shape index (κ2) is 10.1. The third kappa shape index (κ3) is 5.44. The fourth-order valence-electron chi connectivity index (χ4n) is 3.53. The average Bonchev–Trinajstić information content (AvgIpc) is 3.27. The Morgan fingerprint density at radius 3 is 2.59 bits per heavy atom. The summed E-state index contributed by atoms with van der Waals surface area (Å²) in [6.45, 7) is 5.45. The molecule has 0 spiro atoms. The predicted molar refractivity (Wildman–Crippen MR) is 126 cm³/mol. The molecule has 166 valence electrons. The van der Waals surface area contributed by atoms with Crippen LogP contribution >= 0.6 is 15.9 Å². The first-order chi connectivity index (χ1) is 15.5. The van der Waals surface area contributed by atoms with Crippen molar-refractivity contribution in [2.45, 2.75) is 13.5 Å². The number of halogens is 1. The third-order valence-corrected chi connectivity index (χ3v) is 6.11. The number of methoxy groups -OCH3 is 1. The molecule has 1 saturated heterocycles. The number of aromatic nitrogens is 2. The summed E-state index contributed by atoms with van der Waals surface area (Å²) in [6, 6.07) is 13.6. The quantitative estimate of drug-likeness (QED) is 0.476. The Labute approximate surface area is 195 Å². The zero-order chi connectivity index (χ0) is 22.5. The zero-order valence-electron chi connectivity index (χ0n) is 18.1. The maximum Gasteiger partial charge on any atom is 0.246 e. The maximum absolute atomic E-state index is 12.6. The molecule has 1 aliphatic heterocycles. The van der Waals surface area contributed by atoms with Gasteiger partial charge in [-0.05, 0) is 54.5 Å². The highest BCUT2D eigenvalue weighted by Gasteiger charge is 2.21. The van der Waals surface area contributed by atoms with Gasteiger partial charge in [-0.1, -0.05) is 33.2 Å². The number of carbonyl (C=O) groups is 1. The van der Waals surface area contributed by atoms with E-state index in [0.717, 1.165) is 34.4 Å². The van der Waals surface area contributed by atoms with Gasteiger partial charge in [0.15, 0.2) is 0 Å². The Morgan fingerprint density at radius 1 is 1.16 bits per heavy atom. The molecule has 7 nitrogen and oxygen atoms in total. The summed E-state index contributed by atoms with van der Waals surface area (Å²) in [5.74, 6) is 1.94. The number of carbonyl (C=O) groups excluding carboxylic acids is 1. The molecule has 1 fully saturated rings. The van der Waals surface area contributed by atoms with Crippen molar-refractivity contribution in [3.8, 4) is 17.1 Å². The summed E-state index contributed by atoms with van der Waals surface area (Å²) in [5.41, 5.74) is 3.05. The highest BCUT2D eigenvalue weighted by Crippen LogP contribution is 2.21. The van der Waals surface area contributed by atoms with Crippen molar-refractivity contribution in [2.24, 2.45) is 0 Å². The molecule has 0 unspecified atom stereocenters. The van der Waals surface area contributed by atoms with Gasteiger partial charge in [0.25, 0.3) is 0 Å². The lowest BCUT2D eigenvalue weighted by Gasteiger charge is -2.33. The van der Waals surface area contributed by atoms with Gasteiger partial charge >= 0.3 is 0 Å². The molecule has 0 atom stereocenters. The molecule has 0 saturated carbocycles. The molecule has 0 radical (unpaired) electrons. The van der Waals surface area contributed by atoms with E-state index in [2.05, 4.69) is 31.0 Å². The Hall–Kier alpha value is -2.97. The molecule has 8 heteroatoms. The minimum Gasteiger partial charge on any atom is -0.497 e. The van der Waals surface area contributed by atoms with E-state index in [-0.39, 0.29) is 5.91 Å². The second-order valence-corrected chi connectivity index (χ2v) is 8.55. The van der Waals surface area contributed by atoms with Gasteiger partial charge in [0.05, 0.1) is 13.7 Å². The van der Waals surface area contributed by atoms with Gasteiger partial charge < -0.3 is 14.2 Å². The van der Waals surface area contributed by atoms with E-state index < -0.39 is 0 Å². The first-order valence-corrected chi connectivity index (χ1v) is 11.2. The molecule has 0 aliphatic carbocycles. The van der Waals surface area contributed by atoms with E-state index in [1.165, 1.54) is 5.56 Å². The molecule has 3 aromatic rings. The number of piperazine rings is 1. The number of rotatable bonds is 6. The summed E-state index contributed by atoms with van der Waals surface area (Å²) in [5, 5.41) is 4.09. The highest BCUT2D eigenvalue weighted by atomic mass is 79.9. The average molecular weight is 497 g/mol. The van der Waals surface area contributed by atoms with Crippen LogP contribution in [0.2, 0.25) is 0 Å². The van der Waals surface area contributed by atoms with Crippen LogP contribution in [0.4, 0.5) is 0 Å². The van der Waals surface area contributed by atoms with Gasteiger partial charge in [-0.15, -0.1) is 0 Å². The number of amides is 1. The van der Waals surface area contributed by atoms with Crippen molar-refractivity contribution in [2.75, 3.05) is 33.3 Å². The monoisotopic (exact) mass is 496 g/mol. The number of nitrogens with zero attached hydrogens (tertiary/aromatic N) is 4. The highest BCUT2D eigenvalue weighted by molar-refractivity contribution is 9.10. The van der Waals surface area contributed by atoms with Crippen molar-refractivity contribution >= 4 is 27.9 Å². The number of hydrogen-bond donors (Lipinski definition) is 0. The van der Waals surface area contributed by atoms with Crippen molar-refractivity contribution in [3.63, 3.8) is 0 Å². The van der Waals surface area contributed by atoms with Crippen LogP contribution in [0.15, 0.2) is 57.5 Å². The molecule has 2 heterocycles. The smallest absolute Gasteiger partial charge is 0.246 e. The molecule has 0 N–H and O–H groups in total.